The Morgan fingerprint density at radius 3 is 2.67 bits per heavy atom. The molecule has 2 heterocycles. The van der Waals surface area contributed by atoms with Crippen molar-refractivity contribution >= 4 is 34.2 Å². The van der Waals surface area contributed by atoms with Crippen molar-refractivity contribution in [3.63, 3.8) is 0 Å². The highest BCUT2D eigenvalue weighted by atomic mass is 35.5. The van der Waals surface area contributed by atoms with Crippen LogP contribution >= 0.6 is 11.6 Å². The molecular formula is C21H17ClN4O. The number of para-hydroxylation sites is 1. The molecule has 0 radical (unpaired) electrons. The van der Waals surface area contributed by atoms with Crippen molar-refractivity contribution in [1.29, 1.82) is 0 Å². The molecule has 5 nitrogen and oxygen atoms in total. The van der Waals surface area contributed by atoms with Gasteiger partial charge in [-0.15, -0.1) is 0 Å². The number of aryl methyl sites for hydroxylation is 2. The number of hydrogen-bond donors (Lipinski definition) is 1. The maximum absolute atomic E-state index is 12.6. The number of hydrogen-bond acceptors (Lipinski definition) is 3. The highest BCUT2D eigenvalue weighted by molar-refractivity contribution is 6.31. The van der Waals surface area contributed by atoms with Gasteiger partial charge in [-0.3, -0.25) is 4.79 Å². The standard InChI is InChI=1S/C21H17ClN4O/c1-13-10-19(23-18-9-4-3-8-17(13)18)26-20(11-14(2)25-26)24-21(27)15-6-5-7-16(22)12-15/h3-12H,1-2H3,(H,24,27). The number of carbonyl (C=O) groups excluding carboxylic acids is 1. The van der Waals surface area contributed by atoms with Crippen molar-refractivity contribution in [2.24, 2.45) is 0 Å². The number of nitrogens with one attached hydrogen (secondary N) is 1. The summed E-state index contributed by atoms with van der Waals surface area (Å²) < 4.78 is 1.65. The van der Waals surface area contributed by atoms with Crippen LogP contribution in [0.1, 0.15) is 21.6 Å². The quantitative estimate of drug-likeness (QED) is 0.550. The van der Waals surface area contributed by atoms with Crippen molar-refractivity contribution in [3.05, 3.63) is 82.5 Å². The van der Waals surface area contributed by atoms with Crippen LogP contribution in [0, 0.1) is 13.8 Å². The van der Waals surface area contributed by atoms with Crippen LogP contribution in [0.15, 0.2) is 60.7 Å². The van der Waals surface area contributed by atoms with Crippen LogP contribution in [-0.4, -0.2) is 20.7 Å². The lowest BCUT2D eigenvalue weighted by atomic mass is 10.1. The first kappa shape index (κ1) is 17.2. The van der Waals surface area contributed by atoms with Crippen molar-refractivity contribution in [2.45, 2.75) is 13.8 Å². The predicted molar refractivity (Wildman–Crippen MR) is 108 cm³/mol. The second-order valence-electron chi connectivity index (χ2n) is 6.36. The molecule has 6 heteroatoms. The van der Waals surface area contributed by atoms with E-state index < -0.39 is 0 Å². The number of anilines is 1. The molecule has 4 rings (SSSR count). The van der Waals surface area contributed by atoms with Gasteiger partial charge in [0, 0.05) is 22.0 Å². The van der Waals surface area contributed by atoms with E-state index in [-0.39, 0.29) is 5.91 Å². The van der Waals surface area contributed by atoms with Gasteiger partial charge in [0.1, 0.15) is 5.82 Å². The fraction of sp³-hybridized carbons (Fsp3) is 0.0952. The monoisotopic (exact) mass is 376 g/mol. The van der Waals surface area contributed by atoms with E-state index in [4.69, 9.17) is 16.6 Å². The molecule has 1 amide bonds. The van der Waals surface area contributed by atoms with Gasteiger partial charge in [-0.05, 0) is 49.7 Å². The Morgan fingerprint density at radius 1 is 1.04 bits per heavy atom. The molecule has 0 bridgehead atoms. The smallest absolute Gasteiger partial charge is 0.256 e. The van der Waals surface area contributed by atoms with Crippen LogP contribution in [0.4, 0.5) is 5.82 Å². The molecular weight excluding hydrogens is 360 g/mol. The second kappa shape index (κ2) is 6.85. The molecule has 0 atom stereocenters. The fourth-order valence-corrected chi connectivity index (χ4v) is 3.21. The summed E-state index contributed by atoms with van der Waals surface area (Å²) >= 11 is 5.99. The van der Waals surface area contributed by atoms with Crippen LogP contribution < -0.4 is 5.32 Å². The van der Waals surface area contributed by atoms with E-state index in [1.54, 1.807) is 28.9 Å². The molecule has 0 aliphatic heterocycles. The van der Waals surface area contributed by atoms with Crippen molar-refractivity contribution in [2.75, 3.05) is 5.32 Å². The predicted octanol–water partition coefficient (Wildman–Crippen LogP) is 4.94. The molecule has 2 aromatic heterocycles. The maximum atomic E-state index is 12.6. The fourth-order valence-electron chi connectivity index (χ4n) is 3.02. The Bertz CT molecular complexity index is 1170. The number of fused-ring (bicyclic) bond motifs is 1. The summed E-state index contributed by atoms with van der Waals surface area (Å²) in [6, 6.07) is 18.5. The zero-order valence-corrected chi connectivity index (χ0v) is 15.7. The first-order chi connectivity index (χ1) is 13.0. The first-order valence-electron chi connectivity index (χ1n) is 8.51. The summed E-state index contributed by atoms with van der Waals surface area (Å²) in [5.41, 5.74) is 3.24. The zero-order valence-electron chi connectivity index (χ0n) is 14.9. The third-order valence-electron chi connectivity index (χ3n) is 4.29. The molecule has 0 aliphatic rings. The molecule has 0 fully saturated rings. The van der Waals surface area contributed by atoms with Gasteiger partial charge in [-0.2, -0.15) is 9.78 Å². The lowest BCUT2D eigenvalue weighted by Crippen LogP contribution is -2.15. The molecule has 0 saturated heterocycles. The highest BCUT2D eigenvalue weighted by Gasteiger charge is 2.14. The molecule has 2 aromatic carbocycles. The summed E-state index contributed by atoms with van der Waals surface area (Å²) in [6.45, 7) is 3.91. The van der Waals surface area contributed by atoms with E-state index >= 15 is 0 Å². The highest BCUT2D eigenvalue weighted by Crippen LogP contribution is 2.23. The van der Waals surface area contributed by atoms with Gasteiger partial charge in [0.15, 0.2) is 5.82 Å². The van der Waals surface area contributed by atoms with Crippen molar-refractivity contribution in [3.8, 4) is 5.82 Å². The normalized spacial score (nSPS) is 10.9. The van der Waals surface area contributed by atoms with Crippen molar-refractivity contribution in [1.82, 2.24) is 14.8 Å². The van der Waals surface area contributed by atoms with Crippen LogP contribution in [0.2, 0.25) is 5.02 Å². The first-order valence-corrected chi connectivity index (χ1v) is 8.89. The zero-order chi connectivity index (χ0) is 19.0. The molecule has 27 heavy (non-hydrogen) atoms. The van der Waals surface area contributed by atoms with Gasteiger partial charge >= 0.3 is 0 Å². The van der Waals surface area contributed by atoms with E-state index in [0.717, 1.165) is 22.2 Å². The third-order valence-corrected chi connectivity index (χ3v) is 4.52. The van der Waals surface area contributed by atoms with E-state index in [2.05, 4.69) is 10.4 Å². The summed E-state index contributed by atoms with van der Waals surface area (Å²) in [6.07, 6.45) is 0. The van der Waals surface area contributed by atoms with Gasteiger partial charge in [-0.25, -0.2) is 4.98 Å². The SMILES string of the molecule is Cc1cc(NC(=O)c2cccc(Cl)c2)n(-c2cc(C)c3ccccc3n2)n1. The molecule has 0 spiro atoms. The number of pyridine rings is 1. The Hall–Kier alpha value is -3.18. The number of carbonyl (C=O) groups is 1. The van der Waals surface area contributed by atoms with Gasteiger partial charge in [0.05, 0.1) is 11.2 Å². The largest absolute Gasteiger partial charge is 0.306 e. The molecule has 0 aliphatic carbocycles. The van der Waals surface area contributed by atoms with Gasteiger partial charge < -0.3 is 5.32 Å². The van der Waals surface area contributed by atoms with Crippen LogP contribution in [0.5, 0.6) is 0 Å². The van der Waals surface area contributed by atoms with E-state index in [1.165, 1.54) is 0 Å². The Morgan fingerprint density at radius 2 is 1.85 bits per heavy atom. The number of aromatic nitrogens is 3. The van der Waals surface area contributed by atoms with E-state index in [9.17, 15) is 4.79 Å². The van der Waals surface area contributed by atoms with E-state index in [0.29, 0.717) is 22.2 Å². The van der Waals surface area contributed by atoms with Crippen LogP contribution in [0.3, 0.4) is 0 Å². The minimum absolute atomic E-state index is 0.254. The topological polar surface area (TPSA) is 59.8 Å². The summed E-state index contributed by atoms with van der Waals surface area (Å²) in [4.78, 5) is 17.3. The minimum Gasteiger partial charge on any atom is -0.306 e. The number of amides is 1. The number of halogens is 1. The molecule has 1 N–H and O–H groups in total. The van der Waals surface area contributed by atoms with Crippen LogP contribution in [-0.2, 0) is 0 Å². The van der Waals surface area contributed by atoms with Gasteiger partial charge in [0.25, 0.3) is 5.91 Å². The van der Waals surface area contributed by atoms with Gasteiger partial charge in [-0.1, -0.05) is 35.9 Å². The third kappa shape index (κ3) is 3.41. The average Bonchev–Trinajstić information content (AvgIpc) is 3.02. The number of rotatable bonds is 3. The van der Waals surface area contributed by atoms with Crippen LogP contribution in [0.25, 0.3) is 16.7 Å². The Balaban J connectivity index is 1.74. The van der Waals surface area contributed by atoms with Crippen molar-refractivity contribution < 1.29 is 4.79 Å². The summed E-state index contributed by atoms with van der Waals surface area (Å²) in [5.74, 6) is 0.955. The Labute approximate surface area is 161 Å². The summed E-state index contributed by atoms with van der Waals surface area (Å²) in [5, 5.41) is 9.02. The second-order valence-corrected chi connectivity index (χ2v) is 6.80. The molecule has 0 unspecified atom stereocenters. The number of benzene rings is 2. The Kier molecular flexibility index (Phi) is 4.38. The average molecular weight is 377 g/mol. The number of nitrogens with zero attached hydrogens (tertiary/aromatic N) is 3. The minimum atomic E-state index is -0.254. The van der Waals surface area contributed by atoms with E-state index in [1.807, 2.05) is 50.2 Å². The maximum Gasteiger partial charge on any atom is 0.256 e. The molecule has 0 saturated carbocycles. The van der Waals surface area contributed by atoms with Gasteiger partial charge in [0.2, 0.25) is 0 Å². The lowest BCUT2D eigenvalue weighted by molar-refractivity contribution is 0.102. The summed E-state index contributed by atoms with van der Waals surface area (Å²) in [7, 11) is 0. The molecule has 4 aromatic rings. The lowest BCUT2D eigenvalue weighted by Gasteiger charge is -2.11. The molecule has 134 valence electrons.